The van der Waals surface area contributed by atoms with Crippen LogP contribution in [0.25, 0.3) is 0 Å². The number of nitrogens with zero attached hydrogens (tertiary/aromatic N) is 1. The molecule has 0 aliphatic carbocycles. The van der Waals surface area contributed by atoms with E-state index in [0.717, 1.165) is 24.0 Å². The quantitative estimate of drug-likeness (QED) is 0.682. The molecule has 3 rings (SSSR count). The molecule has 1 aliphatic heterocycles. The maximum absolute atomic E-state index is 13.3. The molecule has 2 unspecified atom stereocenters. The monoisotopic (exact) mass is 395 g/mol. The third-order valence-corrected chi connectivity index (χ3v) is 5.48. The van der Waals surface area contributed by atoms with Gasteiger partial charge in [-0.15, -0.1) is 6.58 Å². The van der Waals surface area contributed by atoms with E-state index in [0.29, 0.717) is 36.4 Å². The van der Waals surface area contributed by atoms with E-state index in [9.17, 15) is 9.90 Å². The van der Waals surface area contributed by atoms with Gasteiger partial charge in [-0.3, -0.25) is 4.79 Å². The van der Waals surface area contributed by atoms with Crippen LogP contribution in [0, 0.1) is 0 Å². The van der Waals surface area contributed by atoms with E-state index in [1.54, 1.807) is 26.4 Å². The fourth-order valence-corrected chi connectivity index (χ4v) is 4.06. The number of aliphatic hydroxyl groups excluding tert-OH is 1. The Labute approximate surface area is 172 Å². The second-order valence-corrected chi connectivity index (χ2v) is 7.32. The molecule has 2 aromatic carbocycles. The van der Waals surface area contributed by atoms with Gasteiger partial charge in [0.1, 0.15) is 0 Å². The Morgan fingerprint density at radius 2 is 2.03 bits per heavy atom. The van der Waals surface area contributed by atoms with E-state index in [-0.39, 0.29) is 11.9 Å². The predicted octanol–water partition coefficient (Wildman–Crippen LogP) is 4.16. The lowest BCUT2D eigenvalue weighted by Crippen LogP contribution is -2.36. The van der Waals surface area contributed by atoms with Crippen LogP contribution in [0.4, 0.5) is 0 Å². The van der Waals surface area contributed by atoms with Crippen LogP contribution in [0.5, 0.6) is 11.5 Å². The lowest BCUT2D eigenvalue weighted by atomic mass is 9.99. The second kappa shape index (κ2) is 9.61. The summed E-state index contributed by atoms with van der Waals surface area (Å²) < 4.78 is 10.9. The van der Waals surface area contributed by atoms with Gasteiger partial charge in [-0.25, -0.2) is 0 Å². The largest absolute Gasteiger partial charge is 0.493 e. The molecule has 0 saturated carbocycles. The van der Waals surface area contributed by atoms with E-state index in [1.165, 1.54) is 0 Å². The minimum absolute atomic E-state index is 0.00802. The minimum Gasteiger partial charge on any atom is -0.493 e. The van der Waals surface area contributed by atoms with Crippen molar-refractivity contribution in [2.45, 2.75) is 37.8 Å². The average molecular weight is 395 g/mol. The van der Waals surface area contributed by atoms with E-state index in [2.05, 4.69) is 6.58 Å². The van der Waals surface area contributed by atoms with Crippen LogP contribution < -0.4 is 9.47 Å². The van der Waals surface area contributed by atoms with Gasteiger partial charge in [-0.1, -0.05) is 36.4 Å². The summed E-state index contributed by atoms with van der Waals surface area (Å²) in [4.78, 5) is 15.2. The summed E-state index contributed by atoms with van der Waals surface area (Å²) in [6.45, 7) is 4.48. The van der Waals surface area contributed by atoms with Crippen LogP contribution in [0.2, 0.25) is 0 Å². The van der Waals surface area contributed by atoms with Gasteiger partial charge in [0, 0.05) is 23.7 Å². The van der Waals surface area contributed by atoms with Crippen LogP contribution in [-0.4, -0.2) is 42.7 Å². The van der Waals surface area contributed by atoms with Crippen molar-refractivity contribution in [2.24, 2.45) is 0 Å². The van der Waals surface area contributed by atoms with E-state index in [1.807, 2.05) is 41.3 Å². The summed E-state index contributed by atoms with van der Waals surface area (Å²) in [5, 5.41) is 10.6. The van der Waals surface area contributed by atoms with Crippen LogP contribution in [-0.2, 0) is 6.42 Å². The number of hydrogen-bond donors (Lipinski definition) is 1. The standard InChI is InChI=1S/C24H29NO4/c1-4-9-18-14-19(15-22(28-2)23(18)29-3)24(27)25-13-8-12-20(25)16-21(26)17-10-6-5-7-11-17/h4-7,10-11,14-15,20-21,26H,1,8-9,12-13,16H2,2-3H3. The van der Waals surface area contributed by atoms with Crippen molar-refractivity contribution in [1.29, 1.82) is 0 Å². The minimum atomic E-state index is -0.587. The molecule has 0 radical (unpaired) electrons. The van der Waals surface area contributed by atoms with E-state index < -0.39 is 6.10 Å². The summed E-state index contributed by atoms with van der Waals surface area (Å²) in [7, 11) is 3.16. The first-order valence-corrected chi connectivity index (χ1v) is 9.98. The fraction of sp³-hybridized carbons (Fsp3) is 0.375. The normalized spacial score (nSPS) is 17.1. The van der Waals surface area contributed by atoms with Crippen molar-refractivity contribution < 1.29 is 19.4 Å². The van der Waals surface area contributed by atoms with Crippen LogP contribution in [0.1, 0.15) is 46.9 Å². The third-order valence-electron chi connectivity index (χ3n) is 5.48. The Hall–Kier alpha value is -2.79. The second-order valence-electron chi connectivity index (χ2n) is 7.32. The molecular formula is C24H29NO4. The molecule has 2 aromatic rings. The smallest absolute Gasteiger partial charge is 0.254 e. The first-order chi connectivity index (χ1) is 14.1. The molecule has 1 amide bonds. The molecule has 5 heteroatoms. The van der Waals surface area contributed by atoms with Crippen LogP contribution >= 0.6 is 0 Å². The molecule has 29 heavy (non-hydrogen) atoms. The Kier molecular flexibility index (Phi) is 6.94. The number of amides is 1. The van der Waals surface area contributed by atoms with Crippen molar-refractivity contribution in [2.75, 3.05) is 20.8 Å². The number of allylic oxidation sites excluding steroid dienone is 1. The number of carbonyl (C=O) groups excluding carboxylic acids is 1. The molecule has 1 heterocycles. The maximum Gasteiger partial charge on any atom is 0.254 e. The number of carbonyl (C=O) groups is 1. The lowest BCUT2D eigenvalue weighted by molar-refractivity contribution is 0.0666. The topological polar surface area (TPSA) is 59.0 Å². The summed E-state index contributed by atoms with van der Waals surface area (Å²) in [6, 6.07) is 13.2. The van der Waals surface area contributed by atoms with Crippen molar-refractivity contribution in [3.63, 3.8) is 0 Å². The zero-order valence-electron chi connectivity index (χ0n) is 17.1. The number of aliphatic hydroxyl groups is 1. The zero-order valence-corrected chi connectivity index (χ0v) is 17.1. The first-order valence-electron chi connectivity index (χ1n) is 9.98. The van der Waals surface area contributed by atoms with Gasteiger partial charge in [0.05, 0.1) is 20.3 Å². The van der Waals surface area contributed by atoms with Gasteiger partial charge < -0.3 is 19.5 Å². The van der Waals surface area contributed by atoms with E-state index >= 15 is 0 Å². The summed E-state index contributed by atoms with van der Waals surface area (Å²) in [6.07, 6.45) is 4.13. The number of benzene rings is 2. The van der Waals surface area contributed by atoms with Crippen LogP contribution in [0.3, 0.4) is 0 Å². The average Bonchev–Trinajstić information content (AvgIpc) is 3.21. The SMILES string of the molecule is C=CCc1cc(C(=O)N2CCCC2CC(O)c2ccccc2)cc(OC)c1OC. The number of rotatable bonds is 8. The molecule has 0 bridgehead atoms. The Morgan fingerprint density at radius 1 is 1.28 bits per heavy atom. The molecule has 1 fully saturated rings. The van der Waals surface area contributed by atoms with Gasteiger partial charge in [0.15, 0.2) is 11.5 Å². The molecule has 5 nitrogen and oxygen atoms in total. The highest BCUT2D eigenvalue weighted by Crippen LogP contribution is 2.35. The highest BCUT2D eigenvalue weighted by Gasteiger charge is 2.32. The maximum atomic E-state index is 13.3. The number of ether oxygens (including phenoxy) is 2. The molecule has 1 aliphatic rings. The Morgan fingerprint density at radius 3 is 2.69 bits per heavy atom. The highest BCUT2D eigenvalue weighted by atomic mass is 16.5. The lowest BCUT2D eigenvalue weighted by Gasteiger charge is -2.27. The predicted molar refractivity (Wildman–Crippen MR) is 114 cm³/mol. The number of hydrogen-bond acceptors (Lipinski definition) is 4. The van der Waals surface area contributed by atoms with Crippen LogP contribution in [0.15, 0.2) is 55.1 Å². The van der Waals surface area contributed by atoms with Crippen molar-refractivity contribution in [3.05, 3.63) is 71.8 Å². The molecule has 1 N–H and O–H groups in total. The Balaban J connectivity index is 1.83. The summed E-state index contributed by atoms with van der Waals surface area (Å²) in [5.41, 5.74) is 2.32. The molecule has 0 aromatic heterocycles. The van der Waals surface area contributed by atoms with Gasteiger partial charge in [0.25, 0.3) is 5.91 Å². The molecule has 2 atom stereocenters. The number of likely N-dealkylation sites (tertiary alicyclic amines) is 1. The molecule has 1 saturated heterocycles. The Bertz CT molecular complexity index is 849. The molecule has 0 spiro atoms. The summed E-state index contributed by atoms with van der Waals surface area (Å²) >= 11 is 0. The van der Waals surface area contributed by atoms with Gasteiger partial charge in [-0.2, -0.15) is 0 Å². The summed E-state index contributed by atoms with van der Waals surface area (Å²) in [5.74, 6) is 1.12. The highest BCUT2D eigenvalue weighted by molar-refractivity contribution is 5.95. The number of methoxy groups -OCH3 is 2. The van der Waals surface area contributed by atoms with E-state index in [4.69, 9.17) is 9.47 Å². The third kappa shape index (κ3) is 4.62. The zero-order chi connectivity index (χ0) is 20.8. The van der Waals surface area contributed by atoms with Gasteiger partial charge in [0.2, 0.25) is 0 Å². The fourth-order valence-electron chi connectivity index (χ4n) is 4.06. The van der Waals surface area contributed by atoms with Gasteiger partial charge in [-0.05, 0) is 43.4 Å². The first kappa shape index (κ1) is 20.9. The molecule has 154 valence electrons. The molecular weight excluding hydrogens is 366 g/mol. The van der Waals surface area contributed by atoms with Crippen molar-refractivity contribution in [3.8, 4) is 11.5 Å². The van der Waals surface area contributed by atoms with Crippen molar-refractivity contribution in [1.82, 2.24) is 4.90 Å². The van der Waals surface area contributed by atoms with Gasteiger partial charge >= 0.3 is 0 Å². The van der Waals surface area contributed by atoms with Crippen molar-refractivity contribution >= 4 is 5.91 Å².